The van der Waals surface area contributed by atoms with Crippen LogP contribution in [0.25, 0.3) is 0 Å². The minimum Gasteiger partial charge on any atom is -0.456 e. The van der Waals surface area contributed by atoms with E-state index in [9.17, 15) is 5.11 Å². The van der Waals surface area contributed by atoms with Gasteiger partial charge >= 0.3 is 0 Å². The Morgan fingerprint density at radius 2 is 1.84 bits per heavy atom. The van der Waals surface area contributed by atoms with E-state index in [0.29, 0.717) is 12.2 Å². The van der Waals surface area contributed by atoms with E-state index < -0.39 is 6.10 Å². The predicted molar refractivity (Wildman–Crippen MR) is 83.6 cm³/mol. The zero-order chi connectivity index (χ0) is 13.8. The first kappa shape index (κ1) is 14.6. The van der Waals surface area contributed by atoms with Crippen molar-refractivity contribution in [1.29, 1.82) is 0 Å². The molecular weight excluding hydrogens is 372 g/mol. The average Bonchev–Trinajstić information content (AvgIpc) is 2.41. The largest absolute Gasteiger partial charge is 0.456 e. The first-order valence-electron chi connectivity index (χ1n) is 6.01. The van der Waals surface area contributed by atoms with E-state index in [1.165, 1.54) is 0 Å². The highest BCUT2D eigenvalue weighted by atomic mass is 79.9. The summed E-state index contributed by atoms with van der Waals surface area (Å²) in [5.74, 6) is 1.40. The van der Waals surface area contributed by atoms with Crippen LogP contribution in [0.1, 0.15) is 25.0 Å². The van der Waals surface area contributed by atoms with Gasteiger partial charge in [-0.3, -0.25) is 0 Å². The van der Waals surface area contributed by atoms with Gasteiger partial charge in [-0.25, -0.2) is 0 Å². The van der Waals surface area contributed by atoms with Gasteiger partial charge in [0.25, 0.3) is 0 Å². The maximum atomic E-state index is 10.0. The number of hydrogen-bond acceptors (Lipinski definition) is 2. The molecule has 2 aromatic rings. The van der Waals surface area contributed by atoms with Gasteiger partial charge in [-0.05, 0) is 46.6 Å². The third-order valence-electron chi connectivity index (χ3n) is 2.78. The molecule has 0 heterocycles. The highest BCUT2D eigenvalue weighted by Gasteiger charge is 2.12. The zero-order valence-electron chi connectivity index (χ0n) is 10.4. The Morgan fingerprint density at radius 1 is 1.11 bits per heavy atom. The van der Waals surface area contributed by atoms with Crippen molar-refractivity contribution in [1.82, 2.24) is 0 Å². The van der Waals surface area contributed by atoms with Gasteiger partial charge in [-0.1, -0.05) is 41.1 Å². The summed E-state index contributed by atoms with van der Waals surface area (Å²) < 4.78 is 7.73. The van der Waals surface area contributed by atoms with Crippen LogP contribution in [0.2, 0.25) is 0 Å². The number of ether oxygens (including phenoxy) is 1. The molecule has 2 rings (SSSR count). The van der Waals surface area contributed by atoms with E-state index in [2.05, 4.69) is 31.9 Å². The van der Waals surface area contributed by atoms with Crippen LogP contribution in [0, 0.1) is 0 Å². The number of rotatable bonds is 4. The third-order valence-corrected chi connectivity index (χ3v) is 3.89. The Hall–Kier alpha value is -0.840. The molecule has 1 atom stereocenters. The molecule has 0 saturated carbocycles. The summed E-state index contributed by atoms with van der Waals surface area (Å²) >= 11 is 6.87. The number of benzene rings is 2. The van der Waals surface area contributed by atoms with Crippen molar-refractivity contribution in [3.8, 4) is 11.5 Å². The molecule has 2 nitrogen and oxygen atoms in total. The van der Waals surface area contributed by atoms with Gasteiger partial charge in [0, 0.05) is 10.0 Å². The molecule has 0 amide bonds. The van der Waals surface area contributed by atoms with Gasteiger partial charge in [-0.2, -0.15) is 0 Å². The Balaban J connectivity index is 2.33. The maximum absolute atomic E-state index is 10.0. The first-order chi connectivity index (χ1) is 9.11. The fraction of sp³-hybridized carbons (Fsp3) is 0.200. The number of halogens is 2. The number of aliphatic hydroxyl groups excluding tert-OH is 1. The summed E-state index contributed by atoms with van der Waals surface area (Å²) in [6, 6.07) is 13.3. The van der Waals surface area contributed by atoms with Crippen molar-refractivity contribution in [2.75, 3.05) is 0 Å². The fourth-order valence-electron chi connectivity index (χ4n) is 1.75. The monoisotopic (exact) mass is 384 g/mol. The summed E-state index contributed by atoms with van der Waals surface area (Å²) in [5.41, 5.74) is 0.805. The molecule has 100 valence electrons. The van der Waals surface area contributed by atoms with Crippen LogP contribution in [0.3, 0.4) is 0 Å². The summed E-state index contributed by atoms with van der Waals surface area (Å²) in [6.45, 7) is 1.94. The SMILES string of the molecule is CC[C@H](O)c1ccccc1Oc1ccc(Br)cc1Br. The Bertz CT molecular complexity index is 570. The van der Waals surface area contributed by atoms with Crippen LogP contribution < -0.4 is 4.74 Å². The quantitative estimate of drug-likeness (QED) is 0.758. The minimum atomic E-state index is -0.509. The highest BCUT2D eigenvalue weighted by Crippen LogP contribution is 2.35. The number of para-hydroxylation sites is 1. The second kappa shape index (κ2) is 6.55. The lowest BCUT2D eigenvalue weighted by Crippen LogP contribution is -1.98. The lowest BCUT2D eigenvalue weighted by atomic mass is 10.1. The van der Waals surface area contributed by atoms with E-state index >= 15 is 0 Å². The van der Waals surface area contributed by atoms with Crippen molar-refractivity contribution in [3.05, 3.63) is 57.0 Å². The van der Waals surface area contributed by atoms with Gasteiger partial charge in [0.2, 0.25) is 0 Å². The first-order valence-corrected chi connectivity index (χ1v) is 7.60. The van der Waals surface area contributed by atoms with Crippen LogP contribution in [-0.2, 0) is 0 Å². The second-order valence-electron chi connectivity index (χ2n) is 4.14. The van der Waals surface area contributed by atoms with Crippen LogP contribution in [0.15, 0.2) is 51.4 Å². The highest BCUT2D eigenvalue weighted by molar-refractivity contribution is 9.11. The second-order valence-corrected chi connectivity index (χ2v) is 5.91. The molecule has 0 aliphatic rings. The standard InChI is InChI=1S/C15H14Br2O2/c1-2-13(18)11-5-3-4-6-14(11)19-15-8-7-10(16)9-12(15)17/h3-9,13,18H,2H2,1H3/t13-/m0/s1. The summed E-state index contributed by atoms with van der Waals surface area (Å²) in [5, 5.41) is 10.0. The molecule has 19 heavy (non-hydrogen) atoms. The lowest BCUT2D eigenvalue weighted by Gasteiger charge is -2.15. The van der Waals surface area contributed by atoms with Gasteiger partial charge in [0.15, 0.2) is 0 Å². The van der Waals surface area contributed by atoms with Crippen molar-refractivity contribution in [2.24, 2.45) is 0 Å². The maximum Gasteiger partial charge on any atom is 0.141 e. The molecule has 0 aromatic heterocycles. The molecule has 0 spiro atoms. The van der Waals surface area contributed by atoms with Gasteiger partial charge < -0.3 is 9.84 Å². The van der Waals surface area contributed by atoms with E-state index in [-0.39, 0.29) is 0 Å². The summed E-state index contributed by atoms with van der Waals surface area (Å²) in [6.07, 6.45) is 0.146. The molecule has 2 aromatic carbocycles. The van der Waals surface area contributed by atoms with Crippen LogP contribution in [-0.4, -0.2) is 5.11 Å². The van der Waals surface area contributed by atoms with E-state index in [0.717, 1.165) is 20.3 Å². The molecule has 0 radical (unpaired) electrons. The molecule has 0 aliphatic heterocycles. The molecule has 0 saturated heterocycles. The molecular formula is C15H14Br2O2. The third kappa shape index (κ3) is 3.59. The van der Waals surface area contributed by atoms with Crippen LogP contribution in [0.4, 0.5) is 0 Å². The summed E-state index contributed by atoms with van der Waals surface area (Å²) in [7, 11) is 0. The Labute approximate surface area is 129 Å². The Morgan fingerprint density at radius 3 is 2.53 bits per heavy atom. The number of hydrogen-bond donors (Lipinski definition) is 1. The molecule has 0 unspecified atom stereocenters. The normalized spacial score (nSPS) is 12.2. The molecule has 0 bridgehead atoms. The fourth-order valence-corrected chi connectivity index (χ4v) is 2.87. The van der Waals surface area contributed by atoms with Crippen LogP contribution >= 0.6 is 31.9 Å². The van der Waals surface area contributed by atoms with Crippen molar-refractivity contribution in [2.45, 2.75) is 19.4 Å². The van der Waals surface area contributed by atoms with Crippen LogP contribution in [0.5, 0.6) is 11.5 Å². The van der Waals surface area contributed by atoms with E-state index in [4.69, 9.17) is 4.74 Å². The molecule has 1 N–H and O–H groups in total. The predicted octanol–water partition coefficient (Wildman–Crippen LogP) is 5.45. The molecule has 4 heteroatoms. The van der Waals surface area contributed by atoms with Gasteiger partial charge in [-0.15, -0.1) is 0 Å². The molecule has 0 aliphatic carbocycles. The minimum absolute atomic E-state index is 0.509. The average molecular weight is 386 g/mol. The zero-order valence-corrected chi connectivity index (χ0v) is 13.6. The van der Waals surface area contributed by atoms with Crippen molar-refractivity contribution < 1.29 is 9.84 Å². The van der Waals surface area contributed by atoms with E-state index in [1.54, 1.807) is 0 Å². The van der Waals surface area contributed by atoms with Gasteiger partial charge in [0.05, 0.1) is 10.6 Å². The summed E-state index contributed by atoms with van der Waals surface area (Å²) in [4.78, 5) is 0. The Kier molecular flexibility index (Phi) is 5.02. The van der Waals surface area contributed by atoms with Crippen molar-refractivity contribution in [3.63, 3.8) is 0 Å². The lowest BCUT2D eigenvalue weighted by molar-refractivity contribution is 0.170. The van der Waals surface area contributed by atoms with Gasteiger partial charge in [0.1, 0.15) is 11.5 Å². The number of aliphatic hydroxyl groups is 1. The van der Waals surface area contributed by atoms with Crippen molar-refractivity contribution >= 4 is 31.9 Å². The molecule has 0 fully saturated rings. The smallest absolute Gasteiger partial charge is 0.141 e. The topological polar surface area (TPSA) is 29.5 Å². The van der Waals surface area contributed by atoms with E-state index in [1.807, 2.05) is 49.4 Å².